The van der Waals surface area contributed by atoms with Crippen LogP contribution >= 0.6 is 12.4 Å². The Morgan fingerprint density at radius 3 is 2.55 bits per heavy atom. The summed E-state index contributed by atoms with van der Waals surface area (Å²) in [6, 6.07) is 9.47. The van der Waals surface area contributed by atoms with Gasteiger partial charge >= 0.3 is 5.97 Å². The molecule has 0 aromatic heterocycles. The summed E-state index contributed by atoms with van der Waals surface area (Å²) in [5, 5.41) is 15.6. The molecule has 3 N–H and O–H groups in total. The van der Waals surface area contributed by atoms with Crippen molar-refractivity contribution in [3.8, 4) is 0 Å². The largest absolute Gasteiger partial charge is 0.481 e. The number of carbonyl (C=O) groups is 3. The van der Waals surface area contributed by atoms with Gasteiger partial charge in [0.1, 0.15) is 0 Å². The van der Waals surface area contributed by atoms with Crippen LogP contribution in [0.3, 0.4) is 0 Å². The molecular weight excluding hydrogens is 442 g/mol. The zero-order valence-corrected chi connectivity index (χ0v) is 20.2. The lowest BCUT2D eigenvalue weighted by Gasteiger charge is -2.33. The average Bonchev–Trinajstić information content (AvgIpc) is 2.82. The van der Waals surface area contributed by atoms with Crippen LogP contribution in [-0.4, -0.2) is 60.0 Å². The summed E-state index contributed by atoms with van der Waals surface area (Å²) in [5.41, 5.74) is 1.13. The molecule has 2 aliphatic heterocycles. The Morgan fingerprint density at radius 2 is 1.85 bits per heavy atom. The molecule has 0 bridgehead atoms. The van der Waals surface area contributed by atoms with Crippen LogP contribution in [0.4, 0.5) is 0 Å². The topological polar surface area (TPSA) is 98.7 Å². The Hall–Kier alpha value is -2.12. The van der Waals surface area contributed by atoms with E-state index in [0.29, 0.717) is 38.3 Å². The molecule has 2 saturated heterocycles. The van der Waals surface area contributed by atoms with E-state index in [1.165, 1.54) is 0 Å². The Morgan fingerprint density at radius 1 is 1.12 bits per heavy atom. The summed E-state index contributed by atoms with van der Waals surface area (Å²) in [7, 11) is 0. The van der Waals surface area contributed by atoms with Gasteiger partial charge in [-0.25, -0.2) is 0 Å². The van der Waals surface area contributed by atoms with Gasteiger partial charge in [-0.15, -0.1) is 12.4 Å². The molecule has 3 rings (SSSR count). The molecule has 8 heteroatoms. The normalized spacial score (nSPS) is 19.9. The Bertz CT molecular complexity index is 755. The van der Waals surface area contributed by atoms with E-state index in [2.05, 4.69) is 10.6 Å². The van der Waals surface area contributed by atoms with E-state index >= 15 is 0 Å². The molecule has 0 saturated carbocycles. The van der Waals surface area contributed by atoms with Crippen LogP contribution in [-0.2, 0) is 20.8 Å². The second kappa shape index (κ2) is 14.2. The number of carbonyl (C=O) groups excluding carboxylic acids is 2. The van der Waals surface area contributed by atoms with Crippen molar-refractivity contribution in [2.75, 3.05) is 26.2 Å². The van der Waals surface area contributed by atoms with Crippen LogP contribution < -0.4 is 10.6 Å². The highest BCUT2D eigenvalue weighted by Gasteiger charge is 2.30. The molecule has 0 radical (unpaired) electrons. The van der Waals surface area contributed by atoms with E-state index in [0.717, 1.165) is 50.8 Å². The maximum absolute atomic E-state index is 12.9. The lowest BCUT2D eigenvalue weighted by Crippen LogP contribution is -2.48. The second-order valence-corrected chi connectivity index (χ2v) is 9.24. The van der Waals surface area contributed by atoms with Crippen LogP contribution in [0.5, 0.6) is 0 Å². The minimum Gasteiger partial charge on any atom is -0.481 e. The van der Waals surface area contributed by atoms with Gasteiger partial charge in [0.05, 0.1) is 12.3 Å². The molecule has 1 aromatic carbocycles. The maximum Gasteiger partial charge on any atom is 0.305 e. The number of hydrogen-bond acceptors (Lipinski definition) is 4. The third-order valence-corrected chi connectivity index (χ3v) is 6.76. The van der Waals surface area contributed by atoms with Crippen molar-refractivity contribution >= 4 is 30.2 Å². The molecule has 184 valence electrons. The van der Waals surface area contributed by atoms with Crippen LogP contribution in [0.25, 0.3) is 0 Å². The van der Waals surface area contributed by atoms with Crippen molar-refractivity contribution in [3.05, 3.63) is 35.9 Å². The molecule has 1 aromatic rings. The Kier molecular flexibility index (Phi) is 11.7. The number of amides is 2. The van der Waals surface area contributed by atoms with Gasteiger partial charge in [0.25, 0.3) is 0 Å². The minimum atomic E-state index is -0.915. The van der Waals surface area contributed by atoms with E-state index < -0.39 is 12.0 Å². The van der Waals surface area contributed by atoms with Crippen molar-refractivity contribution in [3.63, 3.8) is 0 Å². The van der Waals surface area contributed by atoms with Crippen molar-refractivity contribution in [2.24, 2.45) is 11.8 Å². The quantitative estimate of drug-likeness (QED) is 0.479. The molecule has 33 heavy (non-hydrogen) atoms. The minimum absolute atomic E-state index is 0. The SMILES string of the molecule is Cl.O=C(O)C[C@@H](CCc1ccccc1)NC(=O)[C@@H]1CCCN(C(=O)CCC2CCNCC2)C1. The van der Waals surface area contributed by atoms with Gasteiger partial charge in [-0.1, -0.05) is 30.3 Å². The fourth-order valence-corrected chi connectivity index (χ4v) is 4.81. The number of carboxylic acids is 1. The van der Waals surface area contributed by atoms with Crippen molar-refractivity contribution in [1.82, 2.24) is 15.5 Å². The first-order chi connectivity index (χ1) is 15.5. The first-order valence-corrected chi connectivity index (χ1v) is 12.1. The molecule has 7 nitrogen and oxygen atoms in total. The van der Waals surface area contributed by atoms with Gasteiger partial charge < -0.3 is 20.6 Å². The Balaban J connectivity index is 0.00000385. The van der Waals surface area contributed by atoms with Crippen molar-refractivity contribution < 1.29 is 19.5 Å². The molecule has 2 fully saturated rings. The van der Waals surface area contributed by atoms with Gasteiger partial charge in [0.15, 0.2) is 0 Å². The Labute approximate surface area is 203 Å². The number of aliphatic carboxylic acids is 1. The summed E-state index contributed by atoms with van der Waals surface area (Å²) in [5.74, 6) is -0.542. The van der Waals surface area contributed by atoms with Gasteiger partial charge in [-0.05, 0) is 69.5 Å². The second-order valence-electron chi connectivity index (χ2n) is 9.24. The van der Waals surface area contributed by atoms with E-state index in [4.69, 9.17) is 0 Å². The highest BCUT2D eigenvalue weighted by atomic mass is 35.5. The standard InChI is InChI=1S/C25H37N3O4.ClH/c29-23(11-9-20-12-14-26-15-13-20)28-16-4-7-21(18-28)25(32)27-22(17-24(30)31)10-8-19-5-2-1-3-6-19;/h1-3,5-6,20-22,26H,4,7-18H2,(H,27,32)(H,30,31);1H/t21-,22-;/m1./s1. The third kappa shape index (κ3) is 9.33. The number of nitrogens with one attached hydrogen (secondary N) is 2. The molecule has 2 amide bonds. The highest BCUT2D eigenvalue weighted by molar-refractivity contribution is 5.85. The molecule has 2 heterocycles. The van der Waals surface area contributed by atoms with E-state index in [-0.39, 0.29) is 36.6 Å². The predicted molar refractivity (Wildman–Crippen MR) is 130 cm³/mol. The molecule has 0 unspecified atom stereocenters. The van der Waals surface area contributed by atoms with Crippen molar-refractivity contribution in [1.29, 1.82) is 0 Å². The van der Waals surface area contributed by atoms with Crippen LogP contribution in [0.1, 0.15) is 56.9 Å². The highest BCUT2D eigenvalue weighted by Crippen LogP contribution is 2.22. The summed E-state index contributed by atoms with van der Waals surface area (Å²) >= 11 is 0. The number of benzene rings is 1. The number of hydrogen-bond donors (Lipinski definition) is 3. The van der Waals surface area contributed by atoms with Crippen LogP contribution in [0, 0.1) is 11.8 Å². The summed E-state index contributed by atoms with van der Waals surface area (Å²) in [4.78, 5) is 38.8. The zero-order valence-electron chi connectivity index (χ0n) is 19.3. The molecular formula is C25H38ClN3O4. The molecule has 0 aliphatic carbocycles. The van der Waals surface area contributed by atoms with Crippen molar-refractivity contribution in [2.45, 2.75) is 63.8 Å². The average molecular weight is 480 g/mol. The van der Waals surface area contributed by atoms with Crippen LogP contribution in [0.15, 0.2) is 30.3 Å². The van der Waals surface area contributed by atoms with E-state index in [9.17, 15) is 19.5 Å². The first kappa shape index (κ1) is 27.1. The molecule has 0 spiro atoms. The maximum atomic E-state index is 12.9. The molecule has 2 atom stereocenters. The number of piperidine rings is 2. The lowest BCUT2D eigenvalue weighted by atomic mass is 9.92. The zero-order chi connectivity index (χ0) is 22.8. The smallest absolute Gasteiger partial charge is 0.305 e. The van der Waals surface area contributed by atoms with Gasteiger partial charge in [-0.2, -0.15) is 0 Å². The number of halogens is 1. The van der Waals surface area contributed by atoms with E-state index in [1.54, 1.807) is 0 Å². The lowest BCUT2D eigenvalue weighted by molar-refractivity contribution is -0.138. The monoisotopic (exact) mass is 479 g/mol. The van der Waals surface area contributed by atoms with Gasteiger partial charge in [0, 0.05) is 25.6 Å². The fraction of sp³-hybridized carbons (Fsp3) is 0.640. The summed E-state index contributed by atoms with van der Waals surface area (Å²) in [6.07, 6.45) is 6.49. The number of aryl methyl sites for hydroxylation is 1. The van der Waals surface area contributed by atoms with Crippen LogP contribution in [0.2, 0.25) is 0 Å². The number of rotatable bonds is 10. The van der Waals surface area contributed by atoms with Gasteiger partial charge in [-0.3, -0.25) is 14.4 Å². The predicted octanol–water partition coefficient (Wildman–Crippen LogP) is 3.02. The number of likely N-dealkylation sites (tertiary alicyclic amines) is 1. The summed E-state index contributed by atoms with van der Waals surface area (Å²) < 4.78 is 0. The molecule has 2 aliphatic rings. The fourth-order valence-electron chi connectivity index (χ4n) is 4.81. The first-order valence-electron chi connectivity index (χ1n) is 12.1. The van der Waals surface area contributed by atoms with Gasteiger partial charge in [0.2, 0.25) is 11.8 Å². The van der Waals surface area contributed by atoms with E-state index in [1.807, 2.05) is 35.2 Å². The number of nitrogens with zero attached hydrogens (tertiary/aromatic N) is 1. The number of carboxylic acid groups (broad SMARTS) is 1. The third-order valence-electron chi connectivity index (χ3n) is 6.76. The summed E-state index contributed by atoms with van der Waals surface area (Å²) in [6.45, 7) is 3.22.